The van der Waals surface area contributed by atoms with E-state index in [2.05, 4.69) is 49.5 Å². The lowest BCUT2D eigenvalue weighted by Crippen LogP contribution is -2.31. The molecule has 1 atom stereocenters. The van der Waals surface area contributed by atoms with E-state index in [9.17, 15) is 0 Å². The summed E-state index contributed by atoms with van der Waals surface area (Å²) in [6.45, 7) is 5.29. The Labute approximate surface area is 115 Å². The fraction of sp³-hybridized carbons (Fsp3) is 0.643. The van der Waals surface area contributed by atoms with Crippen LogP contribution in [0, 0.1) is 0 Å². The molecule has 0 amide bonds. The van der Waals surface area contributed by atoms with Crippen molar-refractivity contribution in [3.8, 4) is 0 Å². The Morgan fingerprint density at radius 1 is 1.44 bits per heavy atom. The zero-order chi connectivity index (χ0) is 13.5. The zero-order valence-electron chi connectivity index (χ0n) is 12.2. The highest BCUT2D eigenvalue weighted by atomic mass is 32.2. The molecule has 0 aliphatic carbocycles. The van der Waals surface area contributed by atoms with Crippen LogP contribution >= 0.6 is 11.8 Å². The minimum absolute atomic E-state index is 0.502. The van der Waals surface area contributed by atoms with Gasteiger partial charge < -0.3 is 10.2 Å². The maximum absolute atomic E-state index is 4.73. The first kappa shape index (κ1) is 15.3. The Bertz CT molecular complexity index is 368. The largest absolute Gasteiger partial charge is 0.356 e. The molecule has 1 rings (SSSR count). The summed E-state index contributed by atoms with van der Waals surface area (Å²) in [7, 11) is 4.11. The van der Waals surface area contributed by atoms with Crippen molar-refractivity contribution in [3.63, 3.8) is 0 Å². The molecule has 4 heteroatoms. The minimum atomic E-state index is 0.502. The first-order valence-electron chi connectivity index (χ1n) is 6.48. The smallest absolute Gasteiger partial charge is 0.129 e. The molecule has 1 unspecified atom stereocenters. The third-order valence-electron chi connectivity index (χ3n) is 3.10. The second kappa shape index (κ2) is 7.64. The monoisotopic (exact) mass is 267 g/mol. The summed E-state index contributed by atoms with van der Waals surface area (Å²) in [5, 5.41) is 3.21. The molecule has 18 heavy (non-hydrogen) atoms. The van der Waals surface area contributed by atoms with E-state index in [0.29, 0.717) is 6.04 Å². The Balaban J connectivity index is 2.95. The number of nitrogens with zero attached hydrogens (tertiary/aromatic N) is 2. The van der Waals surface area contributed by atoms with Crippen LogP contribution in [0.1, 0.15) is 25.1 Å². The van der Waals surface area contributed by atoms with E-state index in [1.165, 1.54) is 11.3 Å². The lowest BCUT2D eigenvalue weighted by molar-refractivity contribution is 0.744. The highest BCUT2D eigenvalue weighted by Crippen LogP contribution is 2.18. The zero-order valence-corrected chi connectivity index (χ0v) is 13.0. The van der Waals surface area contributed by atoms with Gasteiger partial charge >= 0.3 is 0 Å². The predicted octanol–water partition coefficient (Wildman–Crippen LogP) is 2.55. The van der Waals surface area contributed by atoms with Crippen LogP contribution in [0.4, 0.5) is 5.82 Å². The standard InChI is InChI=1S/C14H25N3S/c1-6-13-7-12(9-15-3)8-14(16-13)17(4)11(2)10-18-5/h7-8,11,15H,6,9-10H2,1-5H3. The maximum Gasteiger partial charge on any atom is 0.129 e. The van der Waals surface area contributed by atoms with Crippen molar-refractivity contribution in [2.75, 3.05) is 31.0 Å². The molecule has 0 saturated carbocycles. The van der Waals surface area contributed by atoms with Crippen molar-refractivity contribution in [2.45, 2.75) is 32.9 Å². The van der Waals surface area contributed by atoms with E-state index in [0.717, 1.165) is 24.5 Å². The number of rotatable bonds is 7. The number of anilines is 1. The van der Waals surface area contributed by atoms with Crippen LogP contribution in [0.3, 0.4) is 0 Å². The molecule has 1 N–H and O–H groups in total. The summed E-state index contributed by atoms with van der Waals surface area (Å²) in [4.78, 5) is 7.00. The van der Waals surface area contributed by atoms with Gasteiger partial charge in [0, 0.05) is 31.1 Å². The van der Waals surface area contributed by atoms with Crippen LogP contribution in [-0.4, -0.2) is 37.1 Å². The highest BCUT2D eigenvalue weighted by molar-refractivity contribution is 7.98. The summed E-state index contributed by atoms with van der Waals surface area (Å²) < 4.78 is 0. The number of nitrogens with one attached hydrogen (secondary N) is 1. The van der Waals surface area contributed by atoms with E-state index in [1.807, 2.05) is 18.8 Å². The Kier molecular flexibility index (Phi) is 6.50. The van der Waals surface area contributed by atoms with E-state index >= 15 is 0 Å². The molecule has 1 aromatic rings. The lowest BCUT2D eigenvalue weighted by Gasteiger charge is -2.26. The van der Waals surface area contributed by atoms with Gasteiger partial charge in [0.15, 0.2) is 0 Å². The fourth-order valence-corrected chi connectivity index (χ4v) is 2.59. The molecule has 1 heterocycles. The average Bonchev–Trinajstić information content (AvgIpc) is 2.38. The van der Waals surface area contributed by atoms with Gasteiger partial charge in [0.1, 0.15) is 5.82 Å². The van der Waals surface area contributed by atoms with Crippen LogP contribution in [0.25, 0.3) is 0 Å². The molecular weight excluding hydrogens is 242 g/mol. The summed E-state index contributed by atoms with van der Waals surface area (Å²) in [5.41, 5.74) is 2.48. The lowest BCUT2D eigenvalue weighted by atomic mass is 10.2. The van der Waals surface area contributed by atoms with Gasteiger partial charge in [0.25, 0.3) is 0 Å². The van der Waals surface area contributed by atoms with Crippen LogP contribution < -0.4 is 10.2 Å². The number of aromatic nitrogens is 1. The molecular formula is C14H25N3S. The molecule has 0 saturated heterocycles. The van der Waals surface area contributed by atoms with E-state index in [1.54, 1.807) is 0 Å². The molecule has 0 spiro atoms. The fourth-order valence-electron chi connectivity index (χ4n) is 1.88. The van der Waals surface area contributed by atoms with Crippen LogP contribution in [0.15, 0.2) is 12.1 Å². The normalized spacial score (nSPS) is 12.5. The molecule has 0 aliphatic rings. The number of hydrogen-bond donors (Lipinski definition) is 1. The van der Waals surface area contributed by atoms with Gasteiger partial charge in [-0.25, -0.2) is 4.98 Å². The van der Waals surface area contributed by atoms with Gasteiger partial charge in [-0.3, -0.25) is 0 Å². The third-order valence-corrected chi connectivity index (χ3v) is 3.91. The quantitative estimate of drug-likeness (QED) is 0.822. The summed E-state index contributed by atoms with van der Waals surface area (Å²) in [6, 6.07) is 4.88. The third kappa shape index (κ3) is 4.18. The number of thioether (sulfide) groups is 1. The van der Waals surface area contributed by atoms with Crippen LogP contribution in [0.2, 0.25) is 0 Å². The van der Waals surface area contributed by atoms with Crippen molar-refractivity contribution in [2.24, 2.45) is 0 Å². The van der Waals surface area contributed by atoms with Gasteiger partial charge in [0.2, 0.25) is 0 Å². The Morgan fingerprint density at radius 2 is 2.17 bits per heavy atom. The van der Waals surface area contributed by atoms with Crippen molar-refractivity contribution in [3.05, 3.63) is 23.4 Å². The Morgan fingerprint density at radius 3 is 2.72 bits per heavy atom. The van der Waals surface area contributed by atoms with Gasteiger partial charge in [-0.05, 0) is 44.3 Å². The maximum atomic E-state index is 4.73. The Hall–Kier alpha value is -0.740. The molecule has 0 radical (unpaired) electrons. The summed E-state index contributed by atoms with van der Waals surface area (Å²) in [5.74, 6) is 2.21. The van der Waals surface area contributed by atoms with E-state index in [4.69, 9.17) is 4.98 Å². The SMILES string of the molecule is CCc1cc(CNC)cc(N(C)C(C)CSC)n1. The molecule has 0 aliphatic heterocycles. The minimum Gasteiger partial charge on any atom is -0.356 e. The first-order chi connectivity index (χ1) is 8.62. The van der Waals surface area contributed by atoms with Crippen molar-refractivity contribution < 1.29 is 0 Å². The molecule has 0 fully saturated rings. The van der Waals surface area contributed by atoms with Gasteiger partial charge in [-0.2, -0.15) is 11.8 Å². The molecule has 102 valence electrons. The average molecular weight is 267 g/mol. The van der Waals surface area contributed by atoms with E-state index < -0.39 is 0 Å². The second-order valence-electron chi connectivity index (χ2n) is 4.62. The highest BCUT2D eigenvalue weighted by Gasteiger charge is 2.12. The molecule has 0 bridgehead atoms. The summed E-state index contributed by atoms with van der Waals surface area (Å²) in [6.07, 6.45) is 3.13. The second-order valence-corrected chi connectivity index (χ2v) is 5.53. The summed E-state index contributed by atoms with van der Waals surface area (Å²) >= 11 is 1.88. The topological polar surface area (TPSA) is 28.2 Å². The van der Waals surface area contributed by atoms with E-state index in [-0.39, 0.29) is 0 Å². The number of pyridine rings is 1. The van der Waals surface area contributed by atoms with Crippen molar-refractivity contribution in [1.82, 2.24) is 10.3 Å². The van der Waals surface area contributed by atoms with Gasteiger partial charge in [-0.15, -0.1) is 0 Å². The van der Waals surface area contributed by atoms with Crippen molar-refractivity contribution in [1.29, 1.82) is 0 Å². The molecule has 0 aromatic carbocycles. The van der Waals surface area contributed by atoms with Crippen LogP contribution in [0.5, 0.6) is 0 Å². The van der Waals surface area contributed by atoms with Gasteiger partial charge in [0.05, 0.1) is 0 Å². The number of hydrogen-bond acceptors (Lipinski definition) is 4. The molecule has 1 aromatic heterocycles. The first-order valence-corrected chi connectivity index (χ1v) is 7.88. The molecule has 3 nitrogen and oxygen atoms in total. The van der Waals surface area contributed by atoms with Crippen LogP contribution in [-0.2, 0) is 13.0 Å². The number of aryl methyl sites for hydroxylation is 1. The van der Waals surface area contributed by atoms with Gasteiger partial charge in [-0.1, -0.05) is 6.92 Å². The van der Waals surface area contributed by atoms with Crippen molar-refractivity contribution >= 4 is 17.6 Å². The predicted molar refractivity (Wildman–Crippen MR) is 82.6 cm³/mol.